The van der Waals surface area contributed by atoms with Crippen molar-refractivity contribution in [2.45, 2.75) is 4.90 Å². The van der Waals surface area contributed by atoms with Crippen molar-refractivity contribution in [2.75, 3.05) is 0 Å². The third-order valence-corrected chi connectivity index (χ3v) is 9.79. The Morgan fingerprint density at radius 3 is 1.86 bits per heavy atom. The van der Waals surface area contributed by atoms with E-state index in [1.54, 1.807) is 75.5 Å². The lowest BCUT2D eigenvalue weighted by atomic mass is 10.1. The van der Waals surface area contributed by atoms with E-state index in [1.165, 1.54) is 12.1 Å². The first kappa shape index (κ1) is 29.5. The Balaban J connectivity index is 1.96. The highest BCUT2D eigenvalue weighted by Crippen LogP contribution is 2.31. The predicted octanol–water partition coefficient (Wildman–Crippen LogP) is 6.55. The van der Waals surface area contributed by atoms with Crippen LogP contribution >= 0.6 is 113 Å². The van der Waals surface area contributed by atoms with Gasteiger partial charge in [0.15, 0.2) is 5.75 Å². The zero-order valence-corrected chi connectivity index (χ0v) is 28.6. The smallest absolute Gasteiger partial charge is 0.344 e. The van der Waals surface area contributed by atoms with Gasteiger partial charge >= 0.3 is 11.9 Å². The van der Waals surface area contributed by atoms with Crippen LogP contribution in [0.2, 0.25) is 0 Å². The molecular weight excluding hydrogens is 1040 g/mol. The second-order valence-electron chi connectivity index (χ2n) is 6.62. The molecule has 3 aromatic rings. The summed E-state index contributed by atoms with van der Waals surface area (Å²) in [4.78, 5) is 25.6. The van der Waals surface area contributed by atoms with Gasteiger partial charge in [0.05, 0.1) is 12.7 Å². The molecule has 0 spiro atoms. The van der Waals surface area contributed by atoms with Crippen molar-refractivity contribution in [3.05, 3.63) is 84.1 Å². The molecule has 0 atom stereocenters. The van der Waals surface area contributed by atoms with E-state index < -0.39 is 22.1 Å². The van der Waals surface area contributed by atoms with Crippen LogP contribution in [0.25, 0.3) is 5.57 Å². The summed E-state index contributed by atoms with van der Waals surface area (Å²) >= 11 is 9.77. The van der Waals surface area contributed by atoms with Gasteiger partial charge < -0.3 is 9.47 Å². The maximum absolute atomic E-state index is 13.1. The summed E-state index contributed by atoms with van der Waals surface area (Å²) in [6.07, 6.45) is 1.06. The van der Waals surface area contributed by atoms with Crippen LogP contribution in [0.15, 0.2) is 65.6 Å². The van der Waals surface area contributed by atoms with Gasteiger partial charge in [-0.05, 0) is 143 Å². The molecule has 0 saturated carbocycles. The van der Waals surface area contributed by atoms with Gasteiger partial charge in [-0.2, -0.15) is 8.42 Å². The topological polar surface area (TPSA) is 107 Å². The summed E-state index contributed by atoms with van der Waals surface area (Å²) in [7, 11) is -4.45. The number of hydrogen-bond donors (Lipinski definition) is 1. The minimum absolute atomic E-state index is 0.0463. The molecule has 7 nitrogen and oxygen atoms in total. The number of halogens is 5. The fourth-order valence-electron chi connectivity index (χ4n) is 2.76. The predicted molar refractivity (Wildman–Crippen MR) is 172 cm³/mol. The maximum atomic E-state index is 13.1. The Morgan fingerprint density at radius 2 is 1.34 bits per heavy atom. The molecule has 0 saturated heterocycles. The molecule has 0 aromatic heterocycles. The molecule has 0 bridgehead atoms. The Kier molecular flexibility index (Phi) is 10.6. The molecule has 0 aliphatic carbocycles. The van der Waals surface area contributed by atoms with Gasteiger partial charge in [-0.25, -0.2) is 9.59 Å². The van der Waals surface area contributed by atoms with Crippen molar-refractivity contribution in [1.29, 1.82) is 0 Å². The van der Waals surface area contributed by atoms with Crippen LogP contribution < -0.4 is 9.47 Å². The molecule has 0 heterocycles. The number of benzene rings is 3. The Bertz CT molecular complexity index is 1410. The highest BCUT2D eigenvalue weighted by Gasteiger charge is 2.23. The minimum atomic E-state index is -4.45. The van der Waals surface area contributed by atoms with Crippen LogP contribution in [0, 0.1) is 17.9 Å². The Morgan fingerprint density at radius 1 is 0.800 bits per heavy atom. The SMILES string of the molecule is O=C(/C=C(\C(=O)Oc1cc(I)c(S(=O)(=O)O)c(I)c1)c1ccccc1)Oc1c(I)cc(I)cc1I. The number of rotatable bonds is 6. The quantitative estimate of drug-likeness (QED) is 0.0983. The van der Waals surface area contributed by atoms with E-state index >= 15 is 0 Å². The van der Waals surface area contributed by atoms with Crippen molar-refractivity contribution < 1.29 is 32.0 Å². The van der Waals surface area contributed by atoms with Gasteiger partial charge in [-0.3, -0.25) is 4.55 Å². The van der Waals surface area contributed by atoms with E-state index in [0.717, 1.165) is 16.8 Å². The normalized spacial score (nSPS) is 11.8. The van der Waals surface area contributed by atoms with Gasteiger partial charge in [-0.1, -0.05) is 30.3 Å². The fourth-order valence-corrected chi connectivity index (χ4v) is 10.6. The minimum Gasteiger partial charge on any atom is -0.423 e. The van der Waals surface area contributed by atoms with Gasteiger partial charge in [0, 0.05) is 16.8 Å². The van der Waals surface area contributed by atoms with E-state index in [-0.39, 0.29) is 23.4 Å². The molecular formula is C22H11I5O7S. The van der Waals surface area contributed by atoms with Gasteiger partial charge in [0.1, 0.15) is 10.6 Å². The van der Waals surface area contributed by atoms with E-state index in [4.69, 9.17) is 9.47 Å². The average molecular weight is 1050 g/mol. The number of hydrogen-bond acceptors (Lipinski definition) is 6. The van der Waals surface area contributed by atoms with E-state index in [0.29, 0.717) is 11.3 Å². The molecule has 1 N–H and O–H groups in total. The summed E-state index contributed by atoms with van der Waals surface area (Å²) in [5.74, 6) is -1.17. The third-order valence-electron chi connectivity index (χ3n) is 4.17. The van der Waals surface area contributed by atoms with Gasteiger partial charge in [0.2, 0.25) is 0 Å². The molecule has 13 heteroatoms. The first-order valence-corrected chi connectivity index (χ1v) is 16.0. The molecule has 0 unspecified atom stereocenters. The van der Waals surface area contributed by atoms with Crippen LogP contribution in [0.5, 0.6) is 11.5 Å². The van der Waals surface area contributed by atoms with Crippen molar-refractivity contribution in [1.82, 2.24) is 0 Å². The lowest BCUT2D eigenvalue weighted by Crippen LogP contribution is -2.15. The summed E-state index contributed by atoms with van der Waals surface area (Å²) in [5.41, 5.74) is 0.385. The average Bonchev–Trinajstić information content (AvgIpc) is 2.73. The maximum Gasteiger partial charge on any atom is 0.344 e. The first-order valence-electron chi connectivity index (χ1n) is 9.19. The first-order chi connectivity index (χ1) is 16.4. The van der Waals surface area contributed by atoms with Crippen LogP contribution in [0.4, 0.5) is 0 Å². The number of carbonyl (C=O) groups is 2. The van der Waals surface area contributed by atoms with Crippen molar-refractivity contribution in [3.8, 4) is 11.5 Å². The van der Waals surface area contributed by atoms with E-state index in [1.807, 2.05) is 12.1 Å². The molecule has 3 rings (SSSR count). The van der Waals surface area contributed by atoms with Crippen molar-refractivity contribution >= 4 is 141 Å². The highest BCUT2D eigenvalue weighted by molar-refractivity contribution is 14.1. The van der Waals surface area contributed by atoms with Crippen LogP contribution in [-0.2, 0) is 19.7 Å². The van der Waals surface area contributed by atoms with E-state index in [9.17, 15) is 22.6 Å². The molecule has 182 valence electrons. The second kappa shape index (κ2) is 12.6. The zero-order valence-electron chi connectivity index (χ0n) is 17.0. The Hall–Kier alpha value is -0.1000. The number of esters is 2. The molecule has 3 aromatic carbocycles. The highest BCUT2D eigenvalue weighted by atomic mass is 127. The molecule has 0 radical (unpaired) electrons. The largest absolute Gasteiger partial charge is 0.423 e. The Labute approximate surface area is 269 Å². The molecule has 0 fully saturated rings. The van der Waals surface area contributed by atoms with Crippen LogP contribution in [0.1, 0.15) is 5.56 Å². The van der Waals surface area contributed by atoms with Gasteiger partial charge in [-0.15, -0.1) is 0 Å². The number of carbonyl (C=O) groups excluding carboxylic acids is 2. The standard InChI is InChI=1S/C22H11I5O7S/c23-12-6-15(24)20(16(25)7-12)34-19(28)10-14(11-4-2-1-3-5-11)22(29)33-13-8-17(26)21(18(27)9-13)35(30,31)32/h1-10H,(H,30,31,32)/b14-10-. The van der Waals surface area contributed by atoms with Crippen molar-refractivity contribution in [3.63, 3.8) is 0 Å². The number of ether oxygens (including phenoxy) is 2. The van der Waals surface area contributed by atoms with Crippen molar-refractivity contribution in [2.24, 2.45) is 0 Å². The summed E-state index contributed by atoms with van der Waals surface area (Å²) < 4.78 is 46.5. The summed E-state index contributed by atoms with van der Waals surface area (Å²) in [6, 6.07) is 14.8. The third kappa shape index (κ3) is 7.94. The fraction of sp³-hybridized carbons (Fsp3) is 0. The van der Waals surface area contributed by atoms with Crippen LogP contribution in [0.3, 0.4) is 0 Å². The molecule has 35 heavy (non-hydrogen) atoms. The second-order valence-corrected chi connectivity index (χ2v) is 13.9. The van der Waals surface area contributed by atoms with Crippen LogP contribution in [-0.4, -0.2) is 24.9 Å². The van der Waals surface area contributed by atoms with Gasteiger partial charge in [0.25, 0.3) is 10.1 Å². The monoisotopic (exact) mass is 1050 g/mol. The zero-order chi connectivity index (χ0) is 25.9. The molecule has 0 aliphatic heterocycles. The summed E-state index contributed by atoms with van der Waals surface area (Å²) in [5, 5.41) is 0. The van der Waals surface area contributed by atoms with E-state index in [2.05, 4.69) is 67.8 Å². The molecule has 0 aliphatic rings. The molecule has 0 amide bonds. The lowest BCUT2D eigenvalue weighted by molar-refractivity contribution is -0.130. The summed E-state index contributed by atoms with van der Waals surface area (Å²) in [6.45, 7) is 0. The lowest BCUT2D eigenvalue weighted by Gasteiger charge is -2.12.